The zero-order chi connectivity index (χ0) is 23.7. The summed E-state index contributed by atoms with van der Waals surface area (Å²) in [6.07, 6.45) is -2.56. The first-order valence-corrected chi connectivity index (χ1v) is 11.3. The number of nitrogens with one attached hydrogen (secondary N) is 1. The Morgan fingerprint density at radius 2 is 1.94 bits per heavy atom. The molecule has 1 saturated heterocycles. The molecule has 0 bridgehead atoms. The number of alkyl halides is 3. The van der Waals surface area contributed by atoms with Crippen molar-refractivity contribution in [2.75, 3.05) is 24.7 Å². The average molecular weight is 467 g/mol. The van der Waals surface area contributed by atoms with Crippen LogP contribution < -0.4 is 10.2 Å². The molecule has 0 spiro atoms. The molecule has 3 heterocycles. The van der Waals surface area contributed by atoms with Crippen LogP contribution in [-0.2, 0) is 23.8 Å². The molecule has 0 unspecified atom stereocenters. The smallest absolute Gasteiger partial charge is 0.379 e. The molecule has 1 amide bonds. The number of carbonyl (C=O) groups is 1. The van der Waals surface area contributed by atoms with E-state index in [1.165, 1.54) is 12.1 Å². The number of nitrogens with zero attached hydrogens (tertiary/aromatic N) is 2. The van der Waals surface area contributed by atoms with Gasteiger partial charge in [0.25, 0.3) is 5.91 Å². The summed E-state index contributed by atoms with van der Waals surface area (Å²) in [5, 5.41) is 3.05. The fourth-order valence-electron chi connectivity index (χ4n) is 4.58. The number of pyridine rings is 1. The lowest BCUT2D eigenvalue weighted by molar-refractivity contribution is -0.137. The molecule has 1 N–H and O–H groups in total. The first-order valence-electron chi connectivity index (χ1n) is 11.3. The van der Waals surface area contributed by atoms with Crippen molar-refractivity contribution in [3.8, 4) is 0 Å². The molecule has 2 aliphatic heterocycles. The number of carbonyl (C=O) groups excluding carboxylic acids is 1. The van der Waals surface area contributed by atoms with E-state index < -0.39 is 11.7 Å². The number of amides is 1. The monoisotopic (exact) mass is 467 g/mol. The molecule has 176 valence electrons. The number of rotatable bonds is 5. The van der Waals surface area contributed by atoms with Crippen LogP contribution in [0.4, 0.5) is 24.7 Å². The van der Waals surface area contributed by atoms with Crippen molar-refractivity contribution in [1.82, 2.24) is 10.3 Å². The first kappa shape index (κ1) is 22.4. The van der Waals surface area contributed by atoms with E-state index >= 15 is 0 Å². The van der Waals surface area contributed by atoms with Gasteiger partial charge in [0.05, 0.1) is 18.2 Å². The molecule has 5 nitrogen and oxygen atoms in total. The summed E-state index contributed by atoms with van der Waals surface area (Å²) in [7, 11) is 0. The number of halogens is 3. The van der Waals surface area contributed by atoms with Crippen molar-refractivity contribution in [2.45, 2.75) is 31.5 Å². The largest absolute Gasteiger partial charge is 0.416 e. The molecule has 0 aliphatic carbocycles. The molecule has 5 rings (SSSR count). The Balaban J connectivity index is 1.37. The minimum atomic E-state index is -4.38. The number of hydrogen-bond acceptors (Lipinski definition) is 4. The first-order chi connectivity index (χ1) is 16.4. The summed E-state index contributed by atoms with van der Waals surface area (Å²) in [6.45, 7) is 1.87. The van der Waals surface area contributed by atoms with Crippen LogP contribution in [0.15, 0.2) is 60.7 Å². The fraction of sp³-hybridized carbons (Fsp3) is 0.308. The third-order valence-corrected chi connectivity index (χ3v) is 6.25. The van der Waals surface area contributed by atoms with Crippen molar-refractivity contribution >= 4 is 17.4 Å². The predicted octanol–water partition coefficient (Wildman–Crippen LogP) is 4.90. The number of ether oxygens (including phenoxy) is 1. The van der Waals surface area contributed by atoms with Crippen LogP contribution in [0, 0.1) is 0 Å². The SMILES string of the molecule is O=C(N[C@H]1CCOC1)c1cccc2c1CCN2c1cccc(Cc2cccc(C(F)(F)F)c2)n1. The van der Waals surface area contributed by atoms with Crippen LogP contribution in [-0.4, -0.2) is 36.7 Å². The minimum absolute atomic E-state index is 0.0371. The summed E-state index contributed by atoms with van der Waals surface area (Å²) < 4.78 is 44.5. The zero-order valence-electron chi connectivity index (χ0n) is 18.4. The summed E-state index contributed by atoms with van der Waals surface area (Å²) in [6, 6.07) is 16.6. The average Bonchev–Trinajstić information content (AvgIpc) is 3.48. The van der Waals surface area contributed by atoms with E-state index in [1.807, 2.05) is 36.4 Å². The van der Waals surface area contributed by atoms with Crippen molar-refractivity contribution in [2.24, 2.45) is 0 Å². The quantitative estimate of drug-likeness (QED) is 0.580. The summed E-state index contributed by atoms with van der Waals surface area (Å²) in [4.78, 5) is 19.7. The Hall–Kier alpha value is -3.39. The molecular formula is C26H24F3N3O2. The van der Waals surface area contributed by atoms with Gasteiger partial charge in [0.2, 0.25) is 0 Å². The van der Waals surface area contributed by atoms with Crippen molar-refractivity contribution < 1.29 is 22.7 Å². The topological polar surface area (TPSA) is 54.5 Å². The van der Waals surface area contributed by atoms with Gasteiger partial charge in [-0.1, -0.05) is 30.3 Å². The Kier molecular flexibility index (Phi) is 6.00. The zero-order valence-corrected chi connectivity index (χ0v) is 18.4. The minimum Gasteiger partial charge on any atom is -0.379 e. The number of fused-ring (bicyclic) bond motifs is 1. The maximum absolute atomic E-state index is 13.1. The highest BCUT2D eigenvalue weighted by atomic mass is 19.4. The molecule has 1 fully saturated rings. The van der Waals surface area contributed by atoms with Crippen LogP contribution in [0.3, 0.4) is 0 Å². The van der Waals surface area contributed by atoms with Crippen LogP contribution in [0.5, 0.6) is 0 Å². The van der Waals surface area contributed by atoms with E-state index in [1.54, 1.807) is 6.07 Å². The Labute approximate surface area is 195 Å². The summed E-state index contributed by atoms with van der Waals surface area (Å²) >= 11 is 0. The number of anilines is 2. The van der Waals surface area contributed by atoms with Gasteiger partial charge in [-0.05, 0) is 54.3 Å². The second kappa shape index (κ2) is 9.10. The highest BCUT2D eigenvalue weighted by molar-refractivity contribution is 5.98. The third kappa shape index (κ3) is 4.63. The standard InChI is InChI=1S/C26H24F3N3O2/c27-26(28,29)18-5-1-4-17(14-18)15-19-6-2-9-24(30-19)32-12-10-21-22(7-3-8-23(21)32)25(33)31-20-11-13-34-16-20/h1-9,14,20H,10-13,15-16H2,(H,31,33)/t20-/m0/s1. The van der Waals surface area contributed by atoms with Crippen LogP contribution in [0.25, 0.3) is 0 Å². The lowest BCUT2D eigenvalue weighted by atomic mass is 10.0. The number of aromatic nitrogens is 1. The summed E-state index contributed by atoms with van der Waals surface area (Å²) in [5.41, 5.74) is 3.14. The van der Waals surface area contributed by atoms with Gasteiger partial charge in [-0.25, -0.2) is 4.98 Å². The van der Waals surface area contributed by atoms with Crippen molar-refractivity contribution in [3.05, 3.63) is 88.6 Å². The van der Waals surface area contributed by atoms with Gasteiger partial charge >= 0.3 is 6.18 Å². The third-order valence-electron chi connectivity index (χ3n) is 6.25. The normalized spacial score (nSPS) is 17.6. The molecule has 0 saturated carbocycles. The van der Waals surface area contributed by atoms with Gasteiger partial charge in [0.1, 0.15) is 5.82 Å². The van der Waals surface area contributed by atoms with Crippen LogP contribution in [0.2, 0.25) is 0 Å². The lowest BCUT2D eigenvalue weighted by Gasteiger charge is -2.20. The molecule has 8 heteroatoms. The van der Waals surface area contributed by atoms with Crippen LogP contribution >= 0.6 is 0 Å². The molecule has 1 atom stereocenters. The molecule has 34 heavy (non-hydrogen) atoms. The fourth-order valence-corrected chi connectivity index (χ4v) is 4.58. The maximum Gasteiger partial charge on any atom is 0.416 e. The molecule has 2 aliphatic rings. The molecule has 0 radical (unpaired) electrons. The second-order valence-corrected chi connectivity index (χ2v) is 8.60. The van der Waals surface area contributed by atoms with Gasteiger partial charge in [0, 0.05) is 36.5 Å². The molecular weight excluding hydrogens is 443 g/mol. The molecule has 3 aromatic rings. The maximum atomic E-state index is 13.1. The van der Waals surface area contributed by atoms with E-state index in [0.29, 0.717) is 55.2 Å². The van der Waals surface area contributed by atoms with Gasteiger partial charge in [-0.3, -0.25) is 4.79 Å². The predicted molar refractivity (Wildman–Crippen MR) is 122 cm³/mol. The van der Waals surface area contributed by atoms with E-state index in [9.17, 15) is 18.0 Å². The van der Waals surface area contributed by atoms with Gasteiger partial charge in [-0.2, -0.15) is 13.2 Å². The van der Waals surface area contributed by atoms with Gasteiger partial charge in [0.15, 0.2) is 0 Å². The van der Waals surface area contributed by atoms with E-state index in [0.717, 1.165) is 23.7 Å². The van der Waals surface area contributed by atoms with E-state index in [4.69, 9.17) is 9.72 Å². The highest BCUT2D eigenvalue weighted by Gasteiger charge is 2.30. The Morgan fingerprint density at radius 3 is 2.74 bits per heavy atom. The lowest BCUT2D eigenvalue weighted by Crippen LogP contribution is -2.35. The highest BCUT2D eigenvalue weighted by Crippen LogP contribution is 2.36. The Morgan fingerprint density at radius 1 is 1.12 bits per heavy atom. The van der Waals surface area contributed by atoms with Crippen molar-refractivity contribution in [1.29, 1.82) is 0 Å². The van der Waals surface area contributed by atoms with Gasteiger partial charge < -0.3 is 15.0 Å². The second-order valence-electron chi connectivity index (χ2n) is 8.60. The molecule has 2 aromatic carbocycles. The van der Waals surface area contributed by atoms with Crippen molar-refractivity contribution in [3.63, 3.8) is 0 Å². The molecule has 1 aromatic heterocycles. The van der Waals surface area contributed by atoms with Crippen LogP contribution in [0.1, 0.15) is 39.2 Å². The Bertz CT molecular complexity index is 1210. The van der Waals surface area contributed by atoms with E-state index in [-0.39, 0.29) is 11.9 Å². The summed E-state index contributed by atoms with van der Waals surface area (Å²) in [5.74, 6) is 0.616. The number of benzene rings is 2. The number of hydrogen-bond donors (Lipinski definition) is 1. The van der Waals surface area contributed by atoms with E-state index in [2.05, 4.69) is 10.2 Å². The van der Waals surface area contributed by atoms with Gasteiger partial charge in [-0.15, -0.1) is 0 Å².